The maximum Gasteiger partial charge on any atom is 0.135 e. The Morgan fingerprint density at radius 3 is 3.00 bits per heavy atom. The zero-order valence-corrected chi connectivity index (χ0v) is 12.5. The van der Waals surface area contributed by atoms with E-state index in [0.717, 1.165) is 22.0 Å². The molecule has 2 N–H and O–H groups in total. The molecule has 4 heteroatoms. The van der Waals surface area contributed by atoms with Crippen molar-refractivity contribution in [3.63, 3.8) is 0 Å². The third kappa shape index (κ3) is 2.46. The standard InChI is InChI=1S/C15H21N3S/c1-3-10-5-4-6-11(8-10)14-17-13(16)12-7-9(2)19-15(12)18-14/h7,10-11H,3-6,8H2,1-2H3,(H2,16,17,18). The highest BCUT2D eigenvalue weighted by Gasteiger charge is 2.25. The highest BCUT2D eigenvalue weighted by atomic mass is 32.1. The third-order valence-corrected chi connectivity index (χ3v) is 5.23. The quantitative estimate of drug-likeness (QED) is 0.890. The average Bonchev–Trinajstić information content (AvgIpc) is 2.80. The van der Waals surface area contributed by atoms with Crippen LogP contribution < -0.4 is 5.73 Å². The number of fused-ring (bicyclic) bond motifs is 1. The number of thiophene rings is 1. The van der Waals surface area contributed by atoms with Crippen molar-refractivity contribution in [1.29, 1.82) is 0 Å². The summed E-state index contributed by atoms with van der Waals surface area (Å²) >= 11 is 1.72. The van der Waals surface area contributed by atoms with E-state index in [1.807, 2.05) is 0 Å². The van der Waals surface area contributed by atoms with Gasteiger partial charge in [0.1, 0.15) is 16.5 Å². The molecule has 1 aliphatic carbocycles. The number of anilines is 1. The lowest BCUT2D eigenvalue weighted by atomic mass is 9.80. The largest absolute Gasteiger partial charge is 0.383 e. The molecule has 3 nitrogen and oxygen atoms in total. The topological polar surface area (TPSA) is 51.8 Å². The van der Waals surface area contributed by atoms with Crippen LogP contribution in [0.5, 0.6) is 0 Å². The van der Waals surface area contributed by atoms with Gasteiger partial charge in [-0.2, -0.15) is 0 Å². The Labute approximate surface area is 118 Å². The molecule has 0 amide bonds. The van der Waals surface area contributed by atoms with Gasteiger partial charge in [-0.05, 0) is 31.7 Å². The first-order chi connectivity index (χ1) is 9.17. The summed E-state index contributed by atoms with van der Waals surface area (Å²) in [5.41, 5.74) is 6.10. The summed E-state index contributed by atoms with van der Waals surface area (Å²) < 4.78 is 0. The van der Waals surface area contributed by atoms with Crippen molar-refractivity contribution in [3.05, 3.63) is 16.8 Å². The minimum absolute atomic E-state index is 0.507. The van der Waals surface area contributed by atoms with E-state index < -0.39 is 0 Å². The normalized spacial score (nSPS) is 23.9. The van der Waals surface area contributed by atoms with Crippen LogP contribution in [0.25, 0.3) is 10.2 Å². The van der Waals surface area contributed by atoms with Crippen LogP contribution in [0.2, 0.25) is 0 Å². The molecule has 2 unspecified atom stereocenters. The molecule has 2 atom stereocenters. The van der Waals surface area contributed by atoms with Gasteiger partial charge in [-0.25, -0.2) is 9.97 Å². The number of nitrogens with zero attached hydrogens (tertiary/aromatic N) is 2. The zero-order valence-electron chi connectivity index (χ0n) is 11.6. The van der Waals surface area contributed by atoms with Gasteiger partial charge in [-0.1, -0.05) is 26.2 Å². The van der Waals surface area contributed by atoms with Gasteiger partial charge >= 0.3 is 0 Å². The molecule has 0 spiro atoms. The third-order valence-electron chi connectivity index (χ3n) is 4.29. The summed E-state index contributed by atoms with van der Waals surface area (Å²) in [5, 5.41) is 1.02. The molecule has 0 aliphatic heterocycles. The second-order valence-electron chi connectivity index (χ2n) is 5.68. The monoisotopic (exact) mass is 275 g/mol. The van der Waals surface area contributed by atoms with Crippen molar-refractivity contribution in [2.24, 2.45) is 5.92 Å². The number of hydrogen-bond donors (Lipinski definition) is 1. The highest BCUT2D eigenvalue weighted by Crippen LogP contribution is 2.37. The Morgan fingerprint density at radius 1 is 1.37 bits per heavy atom. The summed E-state index contributed by atoms with van der Waals surface area (Å²) in [6, 6.07) is 2.09. The minimum atomic E-state index is 0.507. The Hall–Kier alpha value is -1.16. The summed E-state index contributed by atoms with van der Waals surface area (Å²) in [6.45, 7) is 4.38. The molecule has 2 aromatic heterocycles. The van der Waals surface area contributed by atoms with Gasteiger partial charge in [0.25, 0.3) is 0 Å². The predicted octanol–water partition coefficient (Wildman–Crippen LogP) is 4.27. The van der Waals surface area contributed by atoms with Gasteiger partial charge in [0.15, 0.2) is 0 Å². The first kappa shape index (κ1) is 12.9. The molecule has 0 aromatic carbocycles. The van der Waals surface area contributed by atoms with Crippen LogP contribution in [0.3, 0.4) is 0 Å². The van der Waals surface area contributed by atoms with Crippen LogP contribution in [0, 0.1) is 12.8 Å². The first-order valence-corrected chi connectivity index (χ1v) is 8.02. The van der Waals surface area contributed by atoms with Crippen molar-refractivity contribution in [2.45, 2.75) is 51.9 Å². The lowest BCUT2D eigenvalue weighted by molar-refractivity contribution is 0.308. The van der Waals surface area contributed by atoms with Crippen molar-refractivity contribution < 1.29 is 0 Å². The van der Waals surface area contributed by atoms with Crippen molar-refractivity contribution in [1.82, 2.24) is 9.97 Å². The van der Waals surface area contributed by atoms with Crippen LogP contribution in [0.1, 0.15) is 55.6 Å². The zero-order chi connectivity index (χ0) is 13.4. The molecule has 0 saturated heterocycles. The van der Waals surface area contributed by atoms with Gasteiger partial charge < -0.3 is 5.73 Å². The molecule has 102 valence electrons. The molecular formula is C15H21N3S. The van der Waals surface area contributed by atoms with E-state index in [0.29, 0.717) is 11.7 Å². The summed E-state index contributed by atoms with van der Waals surface area (Å²) in [7, 11) is 0. The fourth-order valence-electron chi connectivity index (χ4n) is 3.16. The van der Waals surface area contributed by atoms with E-state index in [-0.39, 0.29) is 0 Å². The van der Waals surface area contributed by atoms with Crippen molar-refractivity contribution in [3.8, 4) is 0 Å². The smallest absolute Gasteiger partial charge is 0.135 e. The van der Waals surface area contributed by atoms with Gasteiger partial charge in [-0.3, -0.25) is 0 Å². The Morgan fingerprint density at radius 2 is 2.21 bits per heavy atom. The fourth-order valence-corrected chi connectivity index (χ4v) is 4.05. The predicted molar refractivity (Wildman–Crippen MR) is 81.6 cm³/mol. The van der Waals surface area contributed by atoms with Crippen LogP contribution in [0.15, 0.2) is 6.07 Å². The van der Waals surface area contributed by atoms with Crippen LogP contribution in [-0.2, 0) is 0 Å². The molecule has 1 aliphatic rings. The maximum absolute atomic E-state index is 6.10. The van der Waals surface area contributed by atoms with Gasteiger partial charge in [-0.15, -0.1) is 11.3 Å². The highest BCUT2D eigenvalue weighted by molar-refractivity contribution is 7.18. The molecular weight excluding hydrogens is 254 g/mol. The molecule has 1 saturated carbocycles. The van der Waals surface area contributed by atoms with E-state index in [9.17, 15) is 0 Å². The SMILES string of the molecule is CCC1CCCC(c2nc(N)c3cc(C)sc3n2)C1. The Kier molecular flexibility index (Phi) is 3.44. The molecule has 19 heavy (non-hydrogen) atoms. The first-order valence-electron chi connectivity index (χ1n) is 7.21. The number of nitrogens with two attached hydrogens (primary N) is 1. The molecule has 2 heterocycles. The number of aryl methyl sites for hydroxylation is 1. The van der Waals surface area contributed by atoms with Crippen LogP contribution in [-0.4, -0.2) is 9.97 Å². The van der Waals surface area contributed by atoms with Gasteiger partial charge in [0, 0.05) is 10.8 Å². The average molecular weight is 275 g/mol. The lowest BCUT2D eigenvalue weighted by Crippen LogP contribution is -2.16. The second-order valence-corrected chi connectivity index (χ2v) is 6.92. The molecule has 1 fully saturated rings. The van der Waals surface area contributed by atoms with E-state index in [4.69, 9.17) is 10.7 Å². The molecule has 3 rings (SSSR count). The van der Waals surface area contributed by atoms with E-state index in [1.54, 1.807) is 11.3 Å². The lowest BCUT2D eigenvalue weighted by Gasteiger charge is -2.27. The second kappa shape index (κ2) is 5.08. The molecule has 0 radical (unpaired) electrons. The number of nitrogen functional groups attached to an aromatic ring is 1. The van der Waals surface area contributed by atoms with Crippen molar-refractivity contribution in [2.75, 3.05) is 5.73 Å². The van der Waals surface area contributed by atoms with Gasteiger partial charge in [0.2, 0.25) is 0 Å². The van der Waals surface area contributed by atoms with E-state index in [1.165, 1.54) is 37.0 Å². The minimum Gasteiger partial charge on any atom is -0.383 e. The Balaban J connectivity index is 1.96. The number of hydrogen-bond acceptors (Lipinski definition) is 4. The van der Waals surface area contributed by atoms with Gasteiger partial charge in [0.05, 0.1) is 5.39 Å². The summed E-state index contributed by atoms with van der Waals surface area (Å²) in [4.78, 5) is 11.7. The van der Waals surface area contributed by atoms with Crippen LogP contribution >= 0.6 is 11.3 Å². The summed E-state index contributed by atoms with van der Waals surface area (Å²) in [6.07, 6.45) is 6.38. The van der Waals surface area contributed by atoms with E-state index in [2.05, 4.69) is 24.9 Å². The van der Waals surface area contributed by atoms with E-state index >= 15 is 0 Å². The molecule has 2 aromatic rings. The van der Waals surface area contributed by atoms with Crippen LogP contribution in [0.4, 0.5) is 5.82 Å². The maximum atomic E-state index is 6.10. The van der Waals surface area contributed by atoms with Crippen molar-refractivity contribution >= 4 is 27.4 Å². The Bertz CT molecular complexity index is 590. The fraction of sp³-hybridized carbons (Fsp3) is 0.600. The number of rotatable bonds is 2. The number of aromatic nitrogens is 2. The summed E-state index contributed by atoms with van der Waals surface area (Å²) in [5.74, 6) is 2.98. The molecule has 0 bridgehead atoms.